The Bertz CT molecular complexity index is 520. The second-order valence-corrected chi connectivity index (χ2v) is 6.20. The van der Waals surface area contributed by atoms with E-state index in [-0.39, 0.29) is 22.1 Å². The van der Waals surface area contributed by atoms with Crippen LogP contribution in [0.2, 0.25) is 5.15 Å². The number of halogens is 1. The molecule has 1 aromatic rings. The molecule has 0 aliphatic carbocycles. The van der Waals surface area contributed by atoms with Gasteiger partial charge in [-0.05, 0) is 19.5 Å². The maximum Gasteiger partial charge on any atom is 0.360 e. The quantitative estimate of drug-likeness (QED) is 0.768. The van der Waals surface area contributed by atoms with Gasteiger partial charge in [0.2, 0.25) is 0 Å². The number of nitrogens with one attached hydrogen (secondary N) is 1. The molecule has 0 fully saturated rings. The summed E-state index contributed by atoms with van der Waals surface area (Å²) < 4.78 is 4.56. The van der Waals surface area contributed by atoms with Crippen LogP contribution in [0, 0.1) is 5.41 Å². The van der Waals surface area contributed by atoms with Crippen molar-refractivity contribution in [2.24, 2.45) is 5.41 Å². The van der Waals surface area contributed by atoms with E-state index in [0.717, 1.165) is 6.54 Å². The molecule has 0 saturated heterocycles. The molecule has 1 rings (SSSR count). The minimum absolute atomic E-state index is 0.00426. The number of aromatic nitrogens is 2. The van der Waals surface area contributed by atoms with Crippen LogP contribution in [-0.2, 0) is 4.74 Å². The molecule has 0 atom stereocenters. The van der Waals surface area contributed by atoms with Crippen molar-refractivity contribution in [3.05, 3.63) is 10.8 Å². The molecule has 0 aromatic carbocycles. The van der Waals surface area contributed by atoms with Gasteiger partial charge in [-0.1, -0.05) is 25.4 Å². The van der Waals surface area contributed by atoms with E-state index in [9.17, 15) is 4.79 Å². The summed E-state index contributed by atoms with van der Waals surface area (Å²) in [6.45, 7) is 5.76. The Morgan fingerprint density at radius 3 is 2.57 bits per heavy atom. The van der Waals surface area contributed by atoms with Crippen molar-refractivity contribution in [1.29, 1.82) is 0 Å². The number of carbonyl (C=O) groups excluding carboxylic acids is 1. The monoisotopic (exact) mass is 315 g/mol. The molecular weight excluding hydrogens is 294 g/mol. The molecule has 0 bridgehead atoms. The smallest absolute Gasteiger partial charge is 0.360 e. The lowest BCUT2D eigenvalue weighted by Gasteiger charge is -2.28. The van der Waals surface area contributed by atoms with Crippen molar-refractivity contribution < 1.29 is 9.53 Å². The number of hydrogen-bond donors (Lipinski definition) is 2. The third kappa shape index (κ3) is 5.02. The number of nitrogens with two attached hydrogens (primary N) is 1. The molecule has 0 spiro atoms. The Morgan fingerprint density at radius 2 is 2.05 bits per heavy atom. The zero-order chi connectivity index (χ0) is 16.2. The lowest BCUT2D eigenvalue weighted by atomic mass is 9.93. The second-order valence-electron chi connectivity index (χ2n) is 5.84. The van der Waals surface area contributed by atoms with Gasteiger partial charge >= 0.3 is 5.97 Å². The van der Waals surface area contributed by atoms with Gasteiger partial charge in [-0.3, -0.25) is 0 Å². The van der Waals surface area contributed by atoms with E-state index in [2.05, 4.69) is 38.8 Å². The van der Waals surface area contributed by atoms with E-state index < -0.39 is 5.97 Å². The molecule has 8 heteroatoms. The topological polar surface area (TPSA) is 93.4 Å². The number of carbonyl (C=O) groups is 1. The lowest BCUT2D eigenvalue weighted by Crippen LogP contribution is -2.34. The summed E-state index contributed by atoms with van der Waals surface area (Å²) in [6.07, 6.45) is 0. The minimum Gasteiger partial charge on any atom is -0.464 e. The molecule has 21 heavy (non-hydrogen) atoms. The van der Waals surface area contributed by atoms with Crippen molar-refractivity contribution >= 4 is 29.2 Å². The van der Waals surface area contributed by atoms with Crippen molar-refractivity contribution in [2.45, 2.75) is 13.8 Å². The maximum atomic E-state index is 11.4. The summed E-state index contributed by atoms with van der Waals surface area (Å²) in [5, 5.41) is 3.21. The molecule has 7 nitrogen and oxygen atoms in total. The first-order valence-electron chi connectivity index (χ1n) is 6.46. The predicted octanol–water partition coefficient (Wildman–Crippen LogP) is 1.50. The van der Waals surface area contributed by atoms with Gasteiger partial charge in [0.05, 0.1) is 7.11 Å². The first kappa shape index (κ1) is 17.5. The van der Waals surface area contributed by atoms with Gasteiger partial charge in [-0.2, -0.15) is 0 Å². The van der Waals surface area contributed by atoms with Gasteiger partial charge in [-0.15, -0.1) is 0 Å². The van der Waals surface area contributed by atoms with Gasteiger partial charge in [0.25, 0.3) is 0 Å². The number of esters is 1. The highest BCUT2D eigenvalue weighted by Gasteiger charge is 2.21. The number of hydrogen-bond acceptors (Lipinski definition) is 7. The molecule has 0 unspecified atom stereocenters. The fourth-order valence-electron chi connectivity index (χ4n) is 2.02. The Morgan fingerprint density at radius 1 is 1.43 bits per heavy atom. The van der Waals surface area contributed by atoms with E-state index in [1.165, 1.54) is 7.11 Å². The maximum absolute atomic E-state index is 11.4. The van der Waals surface area contributed by atoms with Gasteiger partial charge in [0, 0.05) is 13.1 Å². The lowest BCUT2D eigenvalue weighted by molar-refractivity contribution is 0.0595. The predicted molar refractivity (Wildman–Crippen MR) is 83.6 cm³/mol. The number of rotatable bonds is 6. The van der Waals surface area contributed by atoms with Gasteiger partial charge in [0.1, 0.15) is 0 Å². The van der Waals surface area contributed by atoms with E-state index >= 15 is 0 Å². The van der Waals surface area contributed by atoms with Crippen LogP contribution in [0.5, 0.6) is 0 Å². The summed E-state index contributed by atoms with van der Waals surface area (Å²) >= 11 is 6.03. The molecule has 118 valence electrons. The fraction of sp³-hybridized carbons (Fsp3) is 0.615. The first-order valence-corrected chi connectivity index (χ1v) is 6.84. The van der Waals surface area contributed by atoms with Crippen molar-refractivity contribution in [2.75, 3.05) is 45.3 Å². The third-order valence-corrected chi connectivity index (χ3v) is 3.00. The highest BCUT2D eigenvalue weighted by molar-refractivity contribution is 6.31. The molecule has 1 aromatic heterocycles. The van der Waals surface area contributed by atoms with Crippen LogP contribution in [0.15, 0.2) is 0 Å². The highest BCUT2D eigenvalue weighted by atomic mass is 35.5. The van der Waals surface area contributed by atoms with Crippen LogP contribution in [0.1, 0.15) is 24.3 Å². The molecule has 3 N–H and O–H groups in total. The zero-order valence-electron chi connectivity index (χ0n) is 13.0. The molecule has 0 amide bonds. The summed E-state index contributed by atoms with van der Waals surface area (Å²) in [7, 11) is 5.27. The van der Waals surface area contributed by atoms with Gasteiger partial charge in [0.15, 0.2) is 22.5 Å². The molecule has 0 saturated carbocycles. The van der Waals surface area contributed by atoms with Crippen LogP contribution in [0.4, 0.5) is 11.6 Å². The molecule has 1 heterocycles. The third-order valence-electron chi connectivity index (χ3n) is 2.74. The van der Waals surface area contributed by atoms with Crippen LogP contribution in [0.25, 0.3) is 0 Å². The molecule has 0 aliphatic rings. The second kappa shape index (κ2) is 6.91. The summed E-state index contributed by atoms with van der Waals surface area (Å²) in [5.41, 5.74) is 5.63. The van der Waals surface area contributed by atoms with Crippen LogP contribution < -0.4 is 11.1 Å². The number of anilines is 2. The standard InChI is InChI=1S/C13H22ClN5O2/c1-13(2,7-19(3)4)6-16-11-9(14)17-8(10(15)18-11)12(20)21-5/h6-7H2,1-5H3,(H3,15,16,18). The number of nitrogen functional groups attached to an aromatic ring is 1. The first-order chi connectivity index (χ1) is 9.66. The van der Waals surface area contributed by atoms with Crippen LogP contribution in [0.3, 0.4) is 0 Å². The minimum atomic E-state index is -0.665. The highest BCUT2D eigenvalue weighted by Crippen LogP contribution is 2.23. The van der Waals surface area contributed by atoms with Crippen LogP contribution in [-0.4, -0.2) is 55.1 Å². The number of ether oxygens (including phenoxy) is 1. The van der Waals surface area contributed by atoms with E-state index in [1.54, 1.807) is 0 Å². The van der Waals surface area contributed by atoms with E-state index in [1.807, 2.05) is 14.1 Å². The van der Waals surface area contributed by atoms with Crippen molar-refractivity contribution in [1.82, 2.24) is 14.9 Å². The largest absolute Gasteiger partial charge is 0.464 e. The fourth-order valence-corrected chi connectivity index (χ4v) is 2.22. The summed E-state index contributed by atoms with van der Waals surface area (Å²) in [4.78, 5) is 21.6. The molecule has 0 radical (unpaired) electrons. The van der Waals surface area contributed by atoms with Gasteiger partial charge in [-0.25, -0.2) is 14.8 Å². The average Bonchev–Trinajstić information content (AvgIpc) is 2.37. The Hall–Kier alpha value is -1.60. The SMILES string of the molecule is COC(=O)c1nc(Cl)c(NCC(C)(C)CN(C)C)nc1N. The van der Waals surface area contributed by atoms with Crippen LogP contribution >= 0.6 is 11.6 Å². The van der Waals surface area contributed by atoms with Gasteiger partial charge < -0.3 is 20.7 Å². The summed E-state index contributed by atoms with van der Waals surface area (Å²) in [5.74, 6) is -0.325. The van der Waals surface area contributed by atoms with E-state index in [4.69, 9.17) is 17.3 Å². The Kier molecular flexibility index (Phi) is 5.74. The molecule has 0 aliphatic heterocycles. The Balaban J connectivity index is 2.86. The number of methoxy groups -OCH3 is 1. The van der Waals surface area contributed by atoms with E-state index in [0.29, 0.717) is 12.4 Å². The average molecular weight is 316 g/mol. The van der Waals surface area contributed by atoms with Crippen molar-refractivity contribution in [3.63, 3.8) is 0 Å². The summed E-state index contributed by atoms with van der Waals surface area (Å²) in [6, 6.07) is 0. The Labute approximate surface area is 129 Å². The van der Waals surface area contributed by atoms with Crippen molar-refractivity contribution in [3.8, 4) is 0 Å². The number of nitrogens with zero attached hydrogens (tertiary/aromatic N) is 3. The zero-order valence-corrected chi connectivity index (χ0v) is 13.8. The molecular formula is C13H22ClN5O2. The normalized spacial score (nSPS) is 11.6.